The monoisotopic (exact) mass is 159 g/mol. The summed E-state index contributed by atoms with van der Waals surface area (Å²) < 4.78 is 37.4. The highest BCUT2D eigenvalue weighted by Gasteiger charge is 2.32. The highest BCUT2D eigenvalue weighted by molar-refractivity contribution is 5.31. The van der Waals surface area contributed by atoms with Crippen LogP contribution in [0.25, 0.3) is 0 Å². The average molecular weight is 159 g/mol. The van der Waals surface area contributed by atoms with Crippen LogP contribution >= 0.6 is 0 Å². The molecule has 4 heteroatoms. The average Bonchev–Trinajstić information content (AvgIpc) is 1.84. The molecule has 0 fully saturated rings. The van der Waals surface area contributed by atoms with Gasteiger partial charge in [0.1, 0.15) is 17.7 Å². The Morgan fingerprint density at radius 1 is 1.55 bits per heavy atom. The van der Waals surface area contributed by atoms with Crippen molar-refractivity contribution in [3.05, 3.63) is 23.8 Å². The van der Waals surface area contributed by atoms with E-state index in [0.29, 0.717) is 12.2 Å². The normalized spacial score (nSPS) is 30.4. The van der Waals surface area contributed by atoms with Crippen LogP contribution in [0.4, 0.5) is 13.2 Å². The van der Waals surface area contributed by atoms with Crippen LogP contribution in [-0.4, -0.2) is 5.67 Å². The lowest BCUT2D eigenvalue weighted by molar-refractivity contribution is 0.279. The summed E-state index contributed by atoms with van der Waals surface area (Å²) in [6.07, 6.45) is 0.335. The first-order valence-electron chi connectivity index (χ1n) is 2.90. The minimum atomic E-state index is -2.51. The van der Waals surface area contributed by atoms with E-state index < -0.39 is 23.7 Å². The smallest absolute Gasteiger partial charge is 0.222 e. The van der Waals surface area contributed by atoms with Crippen LogP contribution in [0, 0.1) is 11.3 Å². The fourth-order valence-corrected chi connectivity index (χ4v) is 0.829. The van der Waals surface area contributed by atoms with Gasteiger partial charge in [-0.25, -0.2) is 13.2 Å². The van der Waals surface area contributed by atoms with Crippen molar-refractivity contribution in [1.82, 2.24) is 0 Å². The van der Waals surface area contributed by atoms with Gasteiger partial charge in [-0.2, -0.15) is 5.26 Å². The lowest BCUT2D eigenvalue weighted by Gasteiger charge is -2.14. The number of alkyl halides is 1. The molecule has 0 aromatic heterocycles. The topological polar surface area (TPSA) is 23.8 Å². The van der Waals surface area contributed by atoms with Crippen LogP contribution < -0.4 is 0 Å². The van der Waals surface area contributed by atoms with Crippen molar-refractivity contribution in [2.24, 2.45) is 0 Å². The maximum atomic E-state index is 12.8. The van der Waals surface area contributed by atoms with Gasteiger partial charge >= 0.3 is 0 Å². The second kappa shape index (κ2) is 2.42. The molecule has 0 amide bonds. The Balaban J connectivity index is 2.98. The number of hydrogen-bond acceptors (Lipinski definition) is 1. The second-order valence-corrected chi connectivity index (χ2v) is 2.27. The van der Waals surface area contributed by atoms with Crippen molar-refractivity contribution in [2.75, 3.05) is 0 Å². The van der Waals surface area contributed by atoms with Crippen molar-refractivity contribution < 1.29 is 13.2 Å². The molecule has 58 valence electrons. The molecule has 0 radical (unpaired) electrons. The zero-order chi connectivity index (χ0) is 8.48. The molecule has 1 aliphatic carbocycles. The molecule has 11 heavy (non-hydrogen) atoms. The molecule has 1 rings (SSSR count). The van der Waals surface area contributed by atoms with Gasteiger partial charge < -0.3 is 0 Å². The molecule has 0 N–H and O–H groups in total. The fourth-order valence-electron chi connectivity index (χ4n) is 0.829. The lowest BCUT2D eigenvalue weighted by Crippen LogP contribution is -2.19. The second-order valence-electron chi connectivity index (χ2n) is 2.27. The highest BCUT2D eigenvalue weighted by atomic mass is 19.2. The molecule has 0 aromatic rings. The number of halogens is 3. The van der Waals surface area contributed by atoms with Crippen molar-refractivity contribution in [1.29, 1.82) is 5.26 Å². The van der Waals surface area contributed by atoms with Crippen molar-refractivity contribution in [3.63, 3.8) is 0 Å². The Bertz CT molecular complexity index is 274. The van der Waals surface area contributed by atoms with E-state index in [0.717, 1.165) is 0 Å². The minimum absolute atomic E-state index is 0.468. The summed E-state index contributed by atoms with van der Waals surface area (Å²) in [6, 6.07) is 1.18. The Kier molecular flexibility index (Phi) is 1.73. The van der Waals surface area contributed by atoms with Crippen molar-refractivity contribution in [3.8, 4) is 6.07 Å². The third-order valence-corrected chi connectivity index (χ3v) is 1.27. The van der Waals surface area contributed by atoms with Crippen LogP contribution in [0.1, 0.15) is 6.42 Å². The molecule has 0 aliphatic heterocycles. The fraction of sp³-hybridized carbons (Fsp3) is 0.286. The minimum Gasteiger partial charge on any atom is -0.222 e. The van der Waals surface area contributed by atoms with E-state index in [9.17, 15) is 13.2 Å². The van der Waals surface area contributed by atoms with Crippen molar-refractivity contribution in [2.45, 2.75) is 12.1 Å². The van der Waals surface area contributed by atoms with Gasteiger partial charge in [0.2, 0.25) is 5.67 Å². The Morgan fingerprint density at radius 3 is 2.64 bits per heavy atom. The molecule has 1 nitrogen and oxygen atoms in total. The van der Waals surface area contributed by atoms with Crippen LogP contribution in [-0.2, 0) is 0 Å². The zero-order valence-corrected chi connectivity index (χ0v) is 5.44. The first kappa shape index (κ1) is 7.86. The standard InChI is InChI=1S/C7H4F3N/c8-5-1-6(9)3-7(10,2-5)4-11/h1-2H,3H2. The first-order valence-corrected chi connectivity index (χ1v) is 2.90. The zero-order valence-electron chi connectivity index (χ0n) is 5.44. The van der Waals surface area contributed by atoms with Gasteiger partial charge in [-0.3, -0.25) is 0 Å². The predicted molar refractivity (Wildman–Crippen MR) is 32.5 cm³/mol. The Morgan fingerprint density at radius 2 is 2.18 bits per heavy atom. The van der Waals surface area contributed by atoms with Crippen LogP contribution in [0.15, 0.2) is 23.8 Å². The molecular weight excluding hydrogens is 155 g/mol. The number of allylic oxidation sites excluding steroid dienone is 4. The van der Waals surface area contributed by atoms with Gasteiger partial charge in [0.15, 0.2) is 0 Å². The summed E-state index contributed by atoms with van der Waals surface area (Å²) in [4.78, 5) is 0. The molecule has 1 atom stereocenters. The number of nitrogens with zero attached hydrogens (tertiary/aromatic N) is 1. The third kappa shape index (κ3) is 1.61. The van der Waals surface area contributed by atoms with E-state index in [1.54, 1.807) is 0 Å². The third-order valence-electron chi connectivity index (χ3n) is 1.27. The number of nitriles is 1. The molecule has 0 saturated heterocycles. The number of rotatable bonds is 0. The van der Waals surface area contributed by atoms with E-state index in [2.05, 4.69) is 0 Å². The van der Waals surface area contributed by atoms with Crippen LogP contribution in [0.3, 0.4) is 0 Å². The molecule has 0 saturated carbocycles. The van der Waals surface area contributed by atoms with E-state index in [1.807, 2.05) is 0 Å². The van der Waals surface area contributed by atoms with E-state index >= 15 is 0 Å². The van der Waals surface area contributed by atoms with Gasteiger partial charge in [0.05, 0.1) is 6.42 Å². The Hall–Kier alpha value is -1.24. The van der Waals surface area contributed by atoms with Gasteiger partial charge in [-0.15, -0.1) is 0 Å². The van der Waals surface area contributed by atoms with Crippen molar-refractivity contribution >= 4 is 0 Å². The van der Waals surface area contributed by atoms with Crippen LogP contribution in [0.2, 0.25) is 0 Å². The summed E-state index contributed by atoms with van der Waals surface area (Å²) >= 11 is 0. The molecule has 1 aliphatic rings. The van der Waals surface area contributed by atoms with Crippen LogP contribution in [0.5, 0.6) is 0 Å². The predicted octanol–water partition coefficient (Wildman–Crippen LogP) is 2.33. The Labute approximate surface area is 61.4 Å². The summed E-state index contributed by atoms with van der Waals surface area (Å²) in [7, 11) is 0. The summed E-state index contributed by atoms with van der Waals surface area (Å²) in [6.45, 7) is 0. The molecule has 0 heterocycles. The van der Waals surface area contributed by atoms with E-state index in [-0.39, 0.29) is 0 Å². The first-order chi connectivity index (χ1) is 5.06. The SMILES string of the molecule is N#CC1(F)C=C(F)C=C(F)C1. The highest BCUT2D eigenvalue weighted by Crippen LogP contribution is 2.30. The molecular formula is C7H4F3N. The quantitative estimate of drug-likeness (QED) is 0.532. The largest absolute Gasteiger partial charge is 0.223 e. The van der Waals surface area contributed by atoms with Gasteiger partial charge in [0, 0.05) is 12.2 Å². The van der Waals surface area contributed by atoms with Gasteiger partial charge in [0.25, 0.3) is 0 Å². The van der Waals surface area contributed by atoms with E-state index in [4.69, 9.17) is 5.26 Å². The lowest BCUT2D eigenvalue weighted by atomic mass is 9.98. The van der Waals surface area contributed by atoms with Gasteiger partial charge in [-0.05, 0) is 0 Å². The summed E-state index contributed by atoms with van der Waals surface area (Å²) in [5, 5.41) is 8.16. The molecule has 0 bridgehead atoms. The molecule has 0 aromatic carbocycles. The summed E-state index contributed by atoms with van der Waals surface area (Å²) in [5.74, 6) is -1.99. The maximum absolute atomic E-state index is 12.8. The van der Waals surface area contributed by atoms with Gasteiger partial charge in [-0.1, -0.05) is 0 Å². The molecule has 0 spiro atoms. The molecule has 1 unspecified atom stereocenters. The van der Waals surface area contributed by atoms with E-state index in [1.165, 1.54) is 6.07 Å². The number of hydrogen-bond donors (Lipinski definition) is 0. The summed E-state index contributed by atoms with van der Waals surface area (Å²) in [5.41, 5.74) is -2.51. The maximum Gasteiger partial charge on any atom is 0.223 e.